The van der Waals surface area contributed by atoms with Gasteiger partial charge in [-0.05, 0) is 54.7 Å². The molecule has 0 unspecified atom stereocenters. The van der Waals surface area contributed by atoms with Gasteiger partial charge in [0.05, 0.1) is 33.6 Å². The van der Waals surface area contributed by atoms with Crippen LogP contribution in [0.5, 0.6) is 0 Å². The highest BCUT2D eigenvalue weighted by Gasteiger charge is 2.59. The number of hydrogen-bond donors (Lipinski definition) is 1. The summed E-state index contributed by atoms with van der Waals surface area (Å²) in [5.41, 5.74) is 1.34. The van der Waals surface area contributed by atoms with Crippen LogP contribution in [0.2, 0.25) is 0 Å². The Bertz CT molecular complexity index is 1380. The van der Waals surface area contributed by atoms with Gasteiger partial charge < -0.3 is 0 Å². The van der Waals surface area contributed by atoms with Crippen molar-refractivity contribution in [2.45, 2.75) is 11.3 Å². The molecule has 4 atom stereocenters. The Balaban J connectivity index is 1.28. The predicted molar refractivity (Wildman–Crippen MR) is 119 cm³/mol. The number of fused-ring (bicyclic) bond motifs is 6. The zero-order valence-corrected chi connectivity index (χ0v) is 17.7. The van der Waals surface area contributed by atoms with Gasteiger partial charge in [0.2, 0.25) is 11.8 Å². The molecule has 160 valence electrons. The minimum atomic E-state index is -3.88. The van der Waals surface area contributed by atoms with Crippen LogP contribution in [0.3, 0.4) is 0 Å². The fourth-order valence-corrected chi connectivity index (χ4v) is 6.39. The first-order valence-electron chi connectivity index (χ1n) is 10.5. The van der Waals surface area contributed by atoms with E-state index in [1.54, 1.807) is 24.4 Å². The Morgan fingerprint density at radius 3 is 2.22 bits per heavy atom. The molecule has 2 aliphatic carbocycles. The number of allylic oxidation sites excluding steroid dienone is 2. The number of carbonyl (C=O) groups excluding carboxylic acids is 2. The van der Waals surface area contributed by atoms with Crippen molar-refractivity contribution in [1.29, 1.82) is 0 Å². The number of nitrogens with one attached hydrogen (secondary N) is 1. The molecule has 1 saturated heterocycles. The highest BCUT2D eigenvalue weighted by Crippen LogP contribution is 2.53. The van der Waals surface area contributed by atoms with E-state index >= 15 is 0 Å². The van der Waals surface area contributed by atoms with Crippen molar-refractivity contribution in [3.8, 4) is 0 Å². The maximum atomic E-state index is 13.0. The topological polar surface area (TPSA) is 96.4 Å². The monoisotopic (exact) mass is 445 g/mol. The maximum Gasteiger partial charge on any atom is 0.261 e. The number of nitrogens with zero attached hydrogens (tertiary/aromatic N) is 2. The number of sulfonamides is 1. The van der Waals surface area contributed by atoms with Gasteiger partial charge in [-0.15, -0.1) is 0 Å². The smallest absolute Gasteiger partial charge is 0.261 e. The van der Waals surface area contributed by atoms with Gasteiger partial charge in [0, 0.05) is 11.6 Å². The number of carbonyl (C=O) groups is 2. The van der Waals surface area contributed by atoms with Crippen molar-refractivity contribution in [2.24, 2.45) is 23.7 Å². The fraction of sp³-hybridized carbons (Fsp3) is 0.208. The van der Waals surface area contributed by atoms with E-state index in [1.807, 2.05) is 24.3 Å². The summed E-state index contributed by atoms with van der Waals surface area (Å²) in [6, 6.07) is 14.8. The summed E-state index contributed by atoms with van der Waals surface area (Å²) >= 11 is 0. The zero-order valence-electron chi connectivity index (χ0n) is 16.9. The standard InChI is InChI=1S/C24H19N3O4S/c28-23-20-15-6-7-16(13-15)21(20)24(29)27(23)17-8-10-18(11-9-17)32(30,31)26-19-5-1-3-14-4-2-12-25-22(14)19/h1-12,15-16,20-21,26H,13H2/t15-,16-,20-,21+/m0/s1. The molecule has 2 fully saturated rings. The first kappa shape index (κ1) is 19.2. The molecule has 2 bridgehead atoms. The largest absolute Gasteiger partial charge is 0.277 e. The normalized spacial score (nSPS) is 26.2. The third-order valence-corrected chi connectivity index (χ3v) is 8.13. The van der Waals surface area contributed by atoms with E-state index in [0.29, 0.717) is 16.9 Å². The highest BCUT2D eigenvalue weighted by atomic mass is 32.2. The molecule has 2 heterocycles. The second kappa shape index (κ2) is 6.74. The molecule has 3 aliphatic rings. The molecule has 2 aromatic carbocycles. The lowest BCUT2D eigenvalue weighted by molar-refractivity contribution is -0.123. The minimum absolute atomic E-state index is 0.0372. The predicted octanol–water partition coefficient (Wildman–Crippen LogP) is 3.35. The Labute approximate surface area is 184 Å². The molecular weight excluding hydrogens is 426 g/mol. The van der Waals surface area contributed by atoms with Gasteiger partial charge >= 0.3 is 0 Å². The van der Waals surface area contributed by atoms with Crippen LogP contribution in [0.1, 0.15) is 6.42 Å². The maximum absolute atomic E-state index is 13.0. The summed E-state index contributed by atoms with van der Waals surface area (Å²) in [6.07, 6.45) is 6.57. The van der Waals surface area contributed by atoms with Crippen molar-refractivity contribution in [1.82, 2.24) is 4.98 Å². The van der Waals surface area contributed by atoms with Crippen molar-refractivity contribution in [3.05, 3.63) is 72.9 Å². The number of para-hydroxylation sites is 1. The molecule has 2 amide bonds. The molecule has 1 aromatic heterocycles. The van der Waals surface area contributed by atoms with E-state index in [-0.39, 0.29) is 40.4 Å². The summed E-state index contributed by atoms with van der Waals surface area (Å²) in [4.78, 5) is 31.5. The van der Waals surface area contributed by atoms with Gasteiger partial charge in [-0.3, -0.25) is 24.2 Å². The lowest BCUT2D eigenvalue weighted by Gasteiger charge is -2.18. The number of anilines is 2. The van der Waals surface area contributed by atoms with E-state index in [9.17, 15) is 18.0 Å². The summed E-state index contributed by atoms with van der Waals surface area (Å²) in [5, 5.41) is 0.822. The average molecular weight is 446 g/mol. The quantitative estimate of drug-likeness (QED) is 0.491. The first-order chi connectivity index (χ1) is 15.4. The second-order valence-electron chi connectivity index (χ2n) is 8.49. The van der Waals surface area contributed by atoms with Crippen LogP contribution in [0, 0.1) is 23.7 Å². The van der Waals surface area contributed by atoms with E-state index in [1.165, 1.54) is 29.2 Å². The second-order valence-corrected chi connectivity index (χ2v) is 10.2. The van der Waals surface area contributed by atoms with E-state index < -0.39 is 10.0 Å². The number of pyridine rings is 1. The Morgan fingerprint density at radius 1 is 0.875 bits per heavy atom. The molecule has 1 N–H and O–H groups in total. The van der Waals surface area contributed by atoms with Gasteiger partial charge in [-0.2, -0.15) is 0 Å². The van der Waals surface area contributed by atoms with Crippen molar-refractivity contribution in [3.63, 3.8) is 0 Å². The molecule has 6 rings (SSSR count). The number of aromatic nitrogens is 1. The summed E-state index contributed by atoms with van der Waals surface area (Å²) in [6.45, 7) is 0. The zero-order chi connectivity index (χ0) is 22.0. The van der Waals surface area contributed by atoms with Gasteiger partial charge in [0.1, 0.15) is 0 Å². The number of rotatable bonds is 4. The third-order valence-electron chi connectivity index (χ3n) is 6.75. The Kier molecular flexibility index (Phi) is 4.04. The van der Waals surface area contributed by atoms with Crippen molar-refractivity contribution >= 4 is 44.1 Å². The lowest BCUT2D eigenvalue weighted by atomic mass is 9.85. The number of hydrogen-bond acceptors (Lipinski definition) is 5. The van der Waals surface area contributed by atoms with Gasteiger partial charge in [-0.1, -0.05) is 30.4 Å². The lowest BCUT2D eigenvalue weighted by Crippen LogP contribution is -2.32. The fourth-order valence-electron chi connectivity index (χ4n) is 5.32. The number of imide groups is 1. The molecule has 0 radical (unpaired) electrons. The highest BCUT2D eigenvalue weighted by molar-refractivity contribution is 7.92. The summed E-state index contributed by atoms with van der Waals surface area (Å²) in [5.74, 6) is -0.697. The van der Waals surface area contributed by atoms with Crippen LogP contribution in [-0.2, 0) is 19.6 Å². The van der Waals surface area contributed by atoms with E-state index in [0.717, 1.165) is 11.8 Å². The SMILES string of the molecule is O=C1[C@@H]2[C@H](C(=O)N1c1ccc(S(=O)(=O)Nc3cccc4cccnc34)cc1)[C@H]1C=C[C@H]2C1. The molecule has 1 aliphatic heterocycles. The van der Waals surface area contributed by atoms with Crippen molar-refractivity contribution < 1.29 is 18.0 Å². The molecular formula is C24H19N3O4S. The van der Waals surface area contributed by atoms with Gasteiger partial charge in [-0.25, -0.2) is 8.42 Å². The minimum Gasteiger partial charge on any atom is -0.277 e. The molecule has 3 aromatic rings. The summed E-state index contributed by atoms with van der Waals surface area (Å²) < 4.78 is 28.5. The van der Waals surface area contributed by atoms with E-state index in [4.69, 9.17) is 0 Å². The van der Waals surface area contributed by atoms with Gasteiger partial charge in [0.15, 0.2) is 0 Å². The molecule has 7 nitrogen and oxygen atoms in total. The van der Waals surface area contributed by atoms with Crippen molar-refractivity contribution in [2.75, 3.05) is 9.62 Å². The first-order valence-corrected chi connectivity index (χ1v) is 12.0. The summed E-state index contributed by atoms with van der Waals surface area (Å²) in [7, 11) is -3.88. The van der Waals surface area contributed by atoms with Crippen LogP contribution in [0.15, 0.2) is 77.8 Å². The number of amides is 2. The third kappa shape index (κ3) is 2.72. The van der Waals surface area contributed by atoms with Crippen LogP contribution >= 0.6 is 0 Å². The number of benzene rings is 2. The van der Waals surface area contributed by atoms with Crippen LogP contribution < -0.4 is 9.62 Å². The molecule has 0 spiro atoms. The van der Waals surface area contributed by atoms with Crippen LogP contribution in [-0.4, -0.2) is 25.2 Å². The average Bonchev–Trinajstić information content (AvgIpc) is 3.48. The van der Waals surface area contributed by atoms with Crippen LogP contribution in [0.4, 0.5) is 11.4 Å². The Morgan fingerprint density at radius 2 is 1.53 bits per heavy atom. The molecule has 32 heavy (non-hydrogen) atoms. The van der Waals surface area contributed by atoms with Crippen LogP contribution in [0.25, 0.3) is 10.9 Å². The Hall–Kier alpha value is -3.52. The van der Waals surface area contributed by atoms with E-state index in [2.05, 4.69) is 9.71 Å². The van der Waals surface area contributed by atoms with Gasteiger partial charge in [0.25, 0.3) is 10.0 Å². The molecule has 8 heteroatoms. The molecule has 1 saturated carbocycles.